The van der Waals surface area contributed by atoms with E-state index in [-0.39, 0.29) is 5.54 Å². The maximum atomic E-state index is 10.3. The molecule has 0 spiro atoms. The smallest absolute Gasteiger partial charge is 0.135 e. The topological polar surface area (TPSA) is 59.5 Å². The molecule has 130 valence electrons. The van der Waals surface area contributed by atoms with Gasteiger partial charge in [-0.15, -0.1) is 0 Å². The Morgan fingerprint density at radius 2 is 1.96 bits per heavy atom. The van der Waals surface area contributed by atoms with E-state index in [9.17, 15) is 10.2 Å². The Balaban J connectivity index is 1.99. The standard InChI is InChI=1S/C18H22Br2N2O2/c1-18-7-2-3-8-22(18)9-6-10-13-12(21-15(10)18)5-4-11(16(19)23)14(13)17(20)24/h4-5,16-17,21,23-24H,2-3,6-9H2,1H3. The fourth-order valence-electron chi connectivity index (χ4n) is 4.64. The van der Waals surface area contributed by atoms with Crippen molar-refractivity contribution in [3.05, 3.63) is 34.5 Å². The van der Waals surface area contributed by atoms with Crippen molar-refractivity contribution in [1.82, 2.24) is 9.88 Å². The summed E-state index contributed by atoms with van der Waals surface area (Å²) in [5.74, 6) is 0. The Morgan fingerprint density at radius 3 is 2.67 bits per heavy atom. The highest BCUT2D eigenvalue weighted by Crippen LogP contribution is 2.46. The van der Waals surface area contributed by atoms with Crippen LogP contribution in [0, 0.1) is 0 Å². The first-order valence-electron chi connectivity index (χ1n) is 8.50. The zero-order chi connectivity index (χ0) is 17.1. The molecule has 2 aliphatic heterocycles. The number of halogens is 2. The summed E-state index contributed by atoms with van der Waals surface area (Å²) in [7, 11) is 0. The molecule has 6 heteroatoms. The van der Waals surface area contributed by atoms with Gasteiger partial charge in [-0.2, -0.15) is 0 Å². The van der Waals surface area contributed by atoms with Gasteiger partial charge in [0.15, 0.2) is 0 Å². The highest BCUT2D eigenvalue weighted by atomic mass is 79.9. The lowest BCUT2D eigenvalue weighted by molar-refractivity contribution is 0.0464. The monoisotopic (exact) mass is 456 g/mol. The van der Waals surface area contributed by atoms with E-state index in [4.69, 9.17) is 0 Å². The van der Waals surface area contributed by atoms with Crippen LogP contribution in [0.3, 0.4) is 0 Å². The zero-order valence-corrected chi connectivity index (χ0v) is 16.8. The van der Waals surface area contributed by atoms with Crippen LogP contribution in [0.15, 0.2) is 12.1 Å². The summed E-state index contributed by atoms with van der Waals surface area (Å²) in [6.07, 6.45) is 4.66. The van der Waals surface area contributed by atoms with Crippen molar-refractivity contribution < 1.29 is 10.2 Å². The van der Waals surface area contributed by atoms with E-state index in [0.717, 1.165) is 42.4 Å². The van der Waals surface area contributed by atoms with Gasteiger partial charge in [0.05, 0.1) is 5.54 Å². The first-order valence-corrected chi connectivity index (χ1v) is 10.3. The third kappa shape index (κ3) is 2.42. The number of nitrogens with one attached hydrogen (secondary N) is 1. The van der Waals surface area contributed by atoms with Gasteiger partial charge in [-0.3, -0.25) is 4.90 Å². The van der Waals surface area contributed by atoms with Crippen molar-refractivity contribution >= 4 is 42.8 Å². The molecule has 1 aromatic carbocycles. The second-order valence-electron chi connectivity index (χ2n) is 7.11. The summed E-state index contributed by atoms with van der Waals surface area (Å²) in [5.41, 5.74) is 5.16. The quantitative estimate of drug-likeness (QED) is 0.592. The number of nitrogens with zero attached hydrogens (tertiary/aromatic N) is 1. The number of fused-ring (bicyclic) bond motifs is 5. The molecule has 0 saturated carbocycles. The Morgan fingerprint density at radius 1 is 1.17 bits per heavy atom. The summed E-state index contributed by atoms with van der Waals surface area (Å²) in [6, 6.07) is 3.90. The van der Waals surface area contributed by atoms with E-state index in [0.29, 0.717) is 5.56 Å². The van der Waals surface area contributed by atoms with Crippen molar-refractivity contribution in [1.29, 1.82) is 0 Å². The highest BCUT2D eigenvalue weighted by molar-refractivity contribution is 9.09. The molecule has 0 bridgehead atoms. The molecule has 0 radical (unpaired) electrons. The van der Waals surface area contributed by atoms with Crippen LogP contribution < -0.4 is 0 Å². The number of piperidine rings is 1. The van der Waals surface area contributed by atoms with Crippen LogP contribution in [0.1, 0.15) is 58.6 Å². The predicted molar refractivity (Wildman–Crippen MR) is 103 cm³/mol. The molecule has 1 aromatic heterocycles. The van der Waals surface area contributed by atoms with Crippen LogP contribution in [0.2, 0.25) is 0 Å². The van der Waals surface area contributed by atoms with Crippen molar-refractivity contribution in [2.75, 3.05) is 13.1 Å². The number of benzene rings is 1. The number of aromatic amines is 1. The van der Waals surface area contributed by atoms with Gasteiger partial charge in [0.2, 0.25) is 0 Å². The molecule has 0 amide bonds. The van der Waals surface area contributed by atoms with Crippen molar-refractivity contribution in [3.63, 3.8) is 0 Å². The van der Waals surface area contributed by atoms with E-state index in [1.165, 1.54) is 24.1 Å². The van der Waals surface area contributed by atoms with E-state index >= 15 is 0 Å². The molecular weight excluding hydrogens is 436 g/mol. The van der Waals surface area contributed by atoms with E-state index in [1.54, 1.807) is 0 Å². The van der Waals surface area contributed by atoms with Gasteiger partial charge in [-0.25, -0.2) is 0 Å². The second kappa shape index (κ2) is 6.09. The van der Waals surface area contributed by atoms with Gasteiger partial charge in [0.1, 0.15) is 10.0 Å². The molecule has 3 unspecified atom stereocenters. The molecule has 2 aliphatic rings. The number of aliphatic hydroxyl groups is 2. The lowest BCUT2D eigenvalue weighted by atomic mass is 9.79. The zero-order valence-electron chi connectivity index (χ0n) is 13.6. The average Bonchev–Trinajstić information content (AvgIpc) is 2.93. The molecule has 0 aliphatic carbocycles. The normalized spacial score (nSPS) is 26.9. The van der Waals surface area contributed by atoms with Crippen molar-refractivity contribution in [3.8, 4) is 0 Å². The number of hydrogen-bond donors (Lipinski definition) is 3. The van der Waals surface area contributed by atoms with Gasteiger partial charge in [-0.1, -0.05) is 37.9 Å². The minimum atomic E-state index is -0.805. The maximum absolute atomic E-state index is 10.3. The summed E-state index contributed by atoms with van der Waals surface area (Å²) < 4.78 is 0. The SMILES string of the molecule is CC12CCCCN1CCc1c2[nH]c2ccc(C(O)Br)c(C(O)Br)c12. The third-order valence-corrected chi connectivity index (χ3v) is 6.80. The van der Waals surface area contributed by atoms with Gasteiger partial charge < -0.3 is 15.2 Å². The minimum Gasteiger partial charge on any atom is -0.377 e. The lowest BCUT2D eigenvalue weighted by Gasteiger charge is -2.48. The molecule has 4 rings (SSSR count). The van der Waals surface area contributed by atoms with Gasteiger partial charge in [-0.05, 0) is 56.3 Å². The molecule has 3 atom stereocenters. The molecule has 3 N–H and O–H groups in total. The molecule has 3 heterocycles. The molecule has 1 saturated heterocycles. The number of alkyl halides is 2. The van der Waals surface area contributed by atoms with Gasteiger partial charge >= 0.3 is 0 Å². The molecule has 24 heavy (non-hydrogen) atoms. The van der Waals surface area contributed by atoms with Crippen molar-refractivity contribution in [2.24, 2.45) is 0 Å². The summed E-state index contributed by atoms with van der Waals surface area (Å²) in [4.78, 5) is 6.24. The van der Waals surface area contributed by atoms with Crippen LogP contribution in [0.25, 0.3) is 10.9 Å². The number of aromatic nitrogens is 1. The molecule has 2 aromatic rings. The predicted octanol–water partition coefficient (Wildman–Crippen LogP) is 4.20. The number of hydrogen-bond acceptors (Lipinski definition) is 3. The number of rotatable bonds is 2. The maximum Gasteiger partial charge on any atom is 0.135 e. The average molecular weight is 458 g/mol. The summed E-state index contributed by atoms with van der Waals surface area (Å²) in [6.45, 7) is 4.55. The third-order valence-electron chi connectivity index (χ3n) is 5.85. The second-order valence-corrected chi connectivity index (χ2v) is 8.84. The minimum absolute atomic E-state index is 0.0482. The van der Waals surface area contributed by atoms with Gasteiger partial charge in [0, 0.05) is 28.7 Å². The Hall–Kier alpha value is -0.400. The lowest BCUT2D eigenvalue weighted by Crippen LogP contribution is -2.51. The molecule has 4 nitrogen and oxygen atoms in total. The van der Waals surface area contributed by atoms with Crippen LogP contribution in [-0.2, 0) is 12.0 Å². The Labute approximate surface area is 158 Å². The van der Waals surface area contributed by atoms with Crippen LogP contribution in [0.5, 0.6) is 0 Å². The number of aliphatic hydroxyl groups excluding tert-OH is 2. The summed E-state index contributed by atoms with van der Waals surface area (Å²) >= 11 is 6.56. The fraction of sp³-hybridized carbons (Fsp3) is 0.556. The first-order chi connectivity index (χ1) is 11.4. The number of H-pyrrole nitrogens is 1. The summed E-state index contributed by atoms with van der Waals surface area (Å²) in [5, 5.41) is 19.9. The van der Waals surface area contributed by atoms with E-state index in [2.05, 4.69) is 48.7 Å². The molecule has 1 fully saturated rings. The van der Waals surface area contributed by atoms with Crippen LogP contribution in [0.4, 0.5) is 0 Å². The highest BCUT2D eigenvalue weighted by Gasteiger charge is 2.42. The van der Waals surface area contributed by atoms with Gasteiger partial charge in [0.25, 0.3) is 0 Å². The first kappa shape index (κ1) is 17.0. The van der Waals surface area contributed by atoms with E-state index in [1.807, 2.05) is 12.1 Å². The van der Waals surface area contributed by atoms with E-state index < -0.39 is 10.0 Å². The van der Waals surface area contributed by atoms with Crippen LogP contribution in [-0.4, -0.2) is 33.2 Å². The van der Waals surface area contributed by atoms with Crippen molar-refractivity contribution in [2.45, 2.75) is 48.2 Å². The fourth-order valence-corrected chi connectivity index (χ4v) is 5.53. The Kier molecular flexibility index (Phi) is 4.32. The largest absolute Gasteiger partial charge is 0.377 e. The molecular formula is C18H22Br2N2O2. The van der Waals surface area contributed by atoms with Crippen LogP contribution >= 0.6 is 31.9 Å². The Bertz CT molecular complexity index is 787.